The van der Waals surface area contributed by atoms with Gasteiger partial charge in [-0.2, -0.15) is 0 Å². The molecule has 1 aliphatic heterocycles. The average molecular weight is 285 g/mol. The largest absolute Gasteiger partial charge is 0.444 e. The van der Waals surface area contributed by atoms with Gasteiger partial charge in [0.25, 0.3) is 0 Å². The molecule has 1 amide bonds. The monoisotopic (exact) mass is 285 g/mol. The van der Waals surface area contributed by atoms with Crippen LogP contribution in [-0.4, -0.2) is 61.3 Å². The minimum atomic E-state index is -0.471. The van der Waals surface area contributed by atoms with Crippen molar-refractivity contribution >= 4 is 11.9 Å². The van der Waals surface area contributed by atoms with Gasteiger partial charge in [-0.25, -0.2) is 4.79 Å². The molecule has 0 aliphatic carbocycles. The van der Waals surface area contributed by atoms with Gasteiger partial charge in [-0.3, -0.25) is 9.89 Å². The molecule has 0 aromatic heterocycles. The Kier molecular flexibility index (Phi) is 6.26. The molecule has 1 aliphatic rings. The molecule has 0 saturated heterocycles. The Morgan fingerprint density at radius 3 is 2.80 bits per heavy atom. The van der Waals surface area contributed by atoms with Gasteiger partial charge in [-0.15, -0.1) is 0 Å². The van der Waals surface area contributed by atoms with Crippen molar-refractivity contribution in [2.75, 3.05) is 32.8 Å². The maximum atomic E-state index is 12.0. The number of nitrogens with one attached hydrogen (secondary N) is 1. The first kappa shape index (κ1) is 16.8. The average Bonchev–Trinajstić information content (AvgIpc) is 2.34. The van der Waals surface area contributed by atoms with Gasteiger partial charge in [0.15, 0.2) is 0 Å². The van der Waals surface area contributed by atoms with Crippen LogP contribution in [0.1, 0.15) is 34.6 Å². The predicted octanol–water partition coefficient (Wildman–Crippen LogP) is 1.65. The summed E-state index contributed by atoms with van der Waals surface area (Å²) in [6.07, 6.45) is -0.288. The summed E-state index contributed by atoms with van der Waals surface area (Å²) in [5.41, 5.74) is -0.471. The van der Waals surface area contributed by atoms with Crippen molar-refractivity contribution in [1.82, 2.24) is 10.2 Å². The van der Waals surface area contributed by atoms with E-state index in [1.54, 1.807) is 4.90 Å². The van der Waals surface area contributed by atoms with E-state index in [4.69, 9.17) is 9.47 Å². The lowest BCUT2D eigenvalue weighted by Gasteiger charge is -2.30. The fourth-order valence-corrected chi connectivity index (χ4v) is 1.81. The highest BCUT2D eigenvalue weighted by molar-refractivity contribution is 5.88. The van der Waals surface area contributed by atoms with Crippen molar-refractivity contribution in [3.8, 4) is 0 Å². The van der Waals surface area contributed by atoms with Crippen molar-refractivity contribution in [3.05, 3.63) is 0 Å². The zero-order chi connectivity index (χ0) is 15.2. The molecule has 1 unspecified atom stereocenters. The van der Waals surface area contributed by atoms with Crippen LogP contribution in [0.5, 0.6) is 0 Å². The van der Waals surface area contributed by atoms with Crippen LogP contribution in [0, 0.1) is 0 Å². The van der Waals surface area contributed by atoms with E-state index in [0.717, 1.165) is 5.84 Å². The molecule has 1 heterocycles. The van der Waals surface area contributed by atoms with Gasteiger partial charge in [0, 0.05) is 19.2 Å². The van der Waals surface area contributed by atoms with Crippen molar-refractivity contribution in [1.29, 1.82) is 0 Å². The second kappa shape index (κ2) is 7.47. The Morgan fingerprint density at radius 2 is 2.20 bits per heavy atom. The minimum absolute atomic E-state index is 0.173. The first-order chi connectivity index (χ1) is 9.31. The Balaban J connectivity index is 2.45. The minimum Gasteiger partial charge on any atom is -0.444 e. The van der Waals surface area contributed by atoms with Crippen molar-refractivity contribution < 1.29 is 14.3 Å². The predicted molar refractivity (Wildman–Crippen MR) is 79.2 cm³/mol. The number of nitrogens with zero attached hydrogens (tertiary/aromatic N) is 2. The first-order valence-corrected chi connectivity index (χ1v) is 7.17. The zero-order valence-electron chi connectivity index (χ0n) is 13.2. The van der Waals surface area contributed by atoms with Crippen LogP contribution in [0.4, 0.5) is 4.79 Å². The molecule has 1 rings (SSSR count). The van der Waals surface area contributed by atoms with Gasteiger partial charge in [0.05, 0.1) is 19.7 Å². The molecular weight excluding hydrogens is 258 g/mol. The summed E-state index contributed by atoms with van der Waals surface area (Å²) in [6, 6.07) is 0.173. The van der Waals surface area contributed by atoms with Crippen LogP contribution < -0.4 is 5.32 Å². The summed E-state index contributed by atoms with van der Waals surface area (Å²) >= 11 is 0. The van der Waals surface area contributed by atoms with Crippen LogP contribution in [0.15, 0.2) is 4.99 Å². The second-order valence-electron chi connectivity index (χ2n) is 5.94. The van der Waals surface area contributed by atoms with Crippen LogP contribution in [0.25, 0.3) is 0 Å². The number of hydrogen-bond donors (Lipinski definition) is 1. The molecule has 0 aromatic rings. The maximum Gasteiger partial charge on any atom is 0.410 e. The fourth-order valence-electron chi connectivity index (χ4n) is 1.81. The van der Waals surface area contributed by atoms with Gasteiger partial charge in [0.1, 0.15) is 11.4 Å². The van der Waals surface area contributed by atoms with Crippen LogP contribution in [0.3, 0.4) is 0 Å². The molecule has 0 radical (unpaired) electrons. The third kappa shape index (κ3) is 6.23. The van der Waals surface area contributed by atoms with Gasteiger partial charge >= 0.3 is 6.09 Å². The molecule has 0 bridgehead atoms. The second-order valence-corrected chi connectivity index (χ2v) is 5.94. The van der Waals surface area contributed by atoms with E-state index in [9.17, 15) is 4.79 Å². The van der Waals surface area contributed by atoms with E-state index >= 15 is 0 Å². The maximum absolute atomic E-state index is 12.0. The summed E-state index contributed by atoms with van der Waals surface area (Å²) < 4.78 is 10.7. The molecule has 0 saturated carbocycles. The Hall–Kier alpha value is -1.30. The van der Waals surface area contributed by atoms with E-state index in [1.165, 1.54) is 0 Å². The molecule has 116 valence electrons. The van der Waals surface area contributed by atoms with Gasteiger partial charge in [0.2, 0.25) is 0 Å². The summed E-state index contributed by atoms with van der Waals surface area (Å²) in [5.74, 6) is 0.814. The molecule has 0 fully saturated rings. The molecule has 0 spiro atoms. The summed E-state index contributed by atoms with van der Waals surface area (Å²) in [4.78, 5) is 18.1. The molecule has 1 N–H and O–H groups in total. The summed E-state index contributed by atoms with van der Waals surface area (Å²) in [6.45, 7) is 12.6. The lowest BCUT2D eigenvalue weighted by atomic mass is 10.2. The highest BCUT2D eigenvalue weighted by atomic mass is 16.6. The molecular formula is C14H27N3O3. The smallest absolute Gasteiger partial charge is 0.410 e. The lowest BCUT2D eigenvalue weighted by molar-refractivity contribution is 0.0275. The quantitative estimate of drug-likeness (QED) is 0.853. The van der Waals surface area contributed by atoms with E-state index in [2.05, 4.69) is 10.3 Å². The SMILES string of the molecule is CCOCC(C)NC1=NCCN(C(=O)OC(C)(C)C)C1. The van der Waals surface area contributed by atoms with E-state index in [-0.39, 0.29) is 12.1 Å². The highest BCUT2D eigenvalue weighted by Gasteiger charge is 2.25. The van der Waals surface area contributed by atoms with Crippen LogP contribution >= 0.6 is 0 Å². The number of carbonyl (C=O) groups excluding carboxylic acids is 1. The van der Waals surface area contributed by atoms with Crippen molar-refractivity contribution in [3.63, 3.8) is 0 Å². The summed E-state index contributed by atoms with van der Waals surface area (Å²) in [5, 5.41) is 3.28. The third-order valence-electron chi connectivity index (χ3n) is 2.65. The number of rotatable bonds is 4. The van der Waals surface area contributed by atoms with Crippen molar-refractivity contribution in [2.24, 2.45) is 4.99 Å². The van der Waals surface area contributed by atoms with E-state index < -0.39 is 5.60 Å². The Labute approximate surface area is 121 Å². The van der Waals surface area contributed by atoms with Gasteiger partial charge in [-0.05, 0) is 34.6 Å². The normalized spacial score (nSPS) is 17.4. The first-order valence-electron chi connectivity index (χ1n) is 7.17. The molecule has 20 heavy (non-hydrogen) atoms. The lowest BCUT2D eigenvalue weighted by Crippen LogP contribution is -2.49. The fraction of sp³-hybridized carbons (Fsp3) is 0.857. The van der Waals surface area contributed by atoms with Gasteiger partial charge < -0.3 is 14.8 Å². The standard InChI is InChI=1S/C14H27N3O3/c1-6-19-10-11(2)16-12-9-17(8-7-15-12)13(18)20-14(3,4)5/h11H,6-10H2,1-5H3,(H,15,16). The molecule has 0 aromatic carbocycles. The third-order valence-corrected chi connectivity index (χ3v) is 2.65. The number of carbonyl (C=O) groups is 1. The summed E-state index contributed by atoms with van der Waals surface area (Å²) in [7, 11) is 0. The Bertz CT molecular complexity index is 350. The van der Waals surface area contributed by atoms with Crippen LogP contribution in [0.2, 0.25) is 0 Å². The number of ether oxygens (including phenoxy) is 2. The zero-order valence-corrected chi connectivity index (χ0v) is 13.2. The number of aliphatic imine (C=N–C) groups is 1. The van der Waals surface area contributed by atoms with Crippen molar-refractivity contribution in [2.45, 2.75) is 46.3 Å². The number of amides is 1. The van der Waals surface area contributed by atoms with Crippen LogP contribution in [-0.2, 0) is 9.47 Å². The highest BCUT2D eigenvalue weighted by Crippen LogP contribution is 2.11. The van der Waals surface area contributed by atoms with E-state index in [0.29, 0.717) is 32.8 Å². The topological polar surface area (TPSA) is 63.2 Å². The van der Waals surface area contributed by atoms with Gasteiger partial charge in [-0.1, -0.05) is 0 Å². The molecule has 1 atom stereocenters. The number of amidine groups is 1. The number of hydrogen-bond acceptors (Lipinski definition) is 5. The van der Waals surface area contributed by atoms with E-state index in [1.807, 2.05) is 34.6 Å². The molecule has 6 heteroatoms. The molecule has 6 nitrogen and oxygen atoms in total. The Morgan fingerprint density at radius 1 is 1.50 bits per heavy atom.